The van der Waals surface area contributed by atoms with Gasteiger partial charge >= 0.3 is 12.1 Å². The van der Waals surface area contributed by atoms with Crippen LogP contribution in [-0.2, 0) is 9.47 Å². The van der Waals surface area contributed by atoms with Crippen molar-refractivity contribution in [1.82, 2.24) is 5.32 Å². The maximum absolute atomic E-state index is 14.2. The second-order valence-electron chi connectivity index (χ2n) is 21.1. The molecule has 1 unspecified atom stereocenters. The van der Waals surface area contributed by atoms with E-state index in [1.807, 2.05) is 19.1 Å². The van der Waals surface area contributed by atoms with Gasteiger partial charge in [0.15, 0.2) is 0 Å². The lowest BCUT2D eigenvalue weighted by Crippen LogP contribution is -2.69. The molecule has 1 amide bonds. The Labute approximate surface area is 351 Å². The number of carbonyl (C=O) groups is 2. The average Bonchev–Trinajstić information content (AvgIpc) is 3.76. The van der Waals surface area contributed by atoms with Crippen molar-refractivity contribution in [3.8, 4) is 11.1 Å². The van der Waals surface area contributed by atoms with Crippen molar-refractivity contribution >= 4 is 17.6 Å². The van der Waals surface area contributed by atoms with Crippen molar-refractivity contribution in [1.29, 1.82) is 0 Å². The van der Waals surface area contributed by atoms with Crippen molar-refractivity contribution in [3.63, 3.8) is 0 Å². The zero-order valence-electron chi connectivity index (χ0n) is 36.3. The number of hydrogen-bond donors (Lipinski definition) is 3. The van der Waals surface area contributed by atoms with E-state index in [1.165, 1.54) is 40.5 Å². The lowest BCUT2D eigenvalue weighted by molar-refractivity contribution is -0.226. The molecule has 4 fully saturated rings. The van der Waals surface area contributed by atoms with Crippen LogP contribution in [0.25, 0.3) is 16.7 Å². The summed E-state index contributed by atoms with van der Waals surface area (Å²) in [4.78, 5) is 26.4. The van der Waals surface area contributed by atoms with E-state index in [4.69, 9.17) is 9.47 Å². The fourth-order valence-corrected chi connectivity index (χ4v) is 15.5. The molecule has 0 saturated heterocycles. The fourth-order valence-electron chi connectivity index (χ4n) is 15.5. The molecule has 0 aliphatic heterocycles. The van der Waals surface area contributed by atoms with Crippen LogP contribution in [-0.4, -0.2) is 53.7 Å². The lowest BCUT2D eigenvalue weighted by atomic mass is 9.32. The summed E-state index contributed by atoms with van der Waals surface area (Å²) in [6.45, 7) is 14.4. The molecule has 0 aromatic heterocycles. The molecule has 6 aliphatic carbocycles. The number of hydrogen-bond acceptors (Lipinski definition) is 6. The molecule has 314 valence electrons. The SMILES string of the molecule is COC(=O)c1ccc(C2=CC[C@]3(C)[C@H]4CC[C@@H]5[C@H]6[C@H](C(C)(O)CO)CC[C@]6(NC(=O)OCC6c7ccccc7-c7ccccc76)CC[C@@]5(C)[C@]4(C)CC[C@H]3C2(C)C)cc1. The number of carbonyl (C=O) groups excluding carboxylic acids is 2. The number of nitrogens with one attached hydrogen (secondary N) is 1. The third kappa shape index (κ3) is 5.86. The zero-order chi connectivity index (χ0) is 41.8. The van der Waals surface area contributed by atoms with Crippen molar-refractivity contribution in [3.05, 3.63) is 101 Å². The first-order valence-corrected chi connectivity index (χ1v) is 22.4. The fraction of sp³-hybridized carbons (Fsp3) is 0.577. The van der Waals surface area contributed by atoms with E-state index in [9.17, 15) is 19.8 Å². The number of aliphatic hydroxyl groups excluding tert-OH is 1. The number of benzene rings is 3. The van der Waals surface area contributed by atoms with Crippen molar-refractivity contribution in [2.75, 3.05) is 20.3 Å². The van der Waals surface area contributed by atoms with Gasteiger partial charge in [-0.05, 0) is 161 Å². The first-order chi connectivity index (χ1) is 28.0. The van der Waals surface area contributed by atoms with Gasteiger partial charge in [0, 0.05) is 11.5 Å². The maximum atomic E-state index is 14.2. The Kier molecular flexibility index (Phi) is 9.64. The standard InChI is InChI=1S/C52H65NO6/c1-47(2)39(32-16-18-33(19-17-32)45(55)58-7)22-25-48(3)42(47)24-26-50(5)43(48)21-20-40-44-41(51(6,57)31-54)23-27-52(44,29-28-49(40,50)4)53-46(56)59-30-38-36-14-10-8-12-34(36)35-13-9-11-15-37(35)38/h8-19,22,38,40-44,54,57H,20-21,23-31H2,1-7H3,(H,53,56)/t40-,41-,42+,43-,44+,48+,49-,50-,51?,52+/m1/s1. The zero-order valence-corrected chi connectivity index (χ0v) is 36.3. The van der Waals surface area contributed by atoms with Crippen molar-refractivity contribution in [2.45, 2.75) is 116 Å². The summed E-state index contributed by atoms with van der Waals surface area (Å²) >= 11 is 0. The van der Waals surface area contributed by atoms with Crippen molar-refractivity contribution in [2.24, 2.45) is 51.2 Å². The molecule has 0 heterocycles. The smallest absolute Gasteiger partial charge is 0.407 e. The van der Waals surface area contributed by atoms with Crippen LogP contribution >= 0.6 is 0 Å². The molecule has 7 heteroatoms. The van der Waals surface area contributed by atoms with E-state index >= 15 is 0 Å². The predicted octanol–water partition coefficient (Wildman–Crippen LogP) is 10.6. The Hall–Kier alpha value is -3.94. The number of rotatable bonds is 7. The highest BCUT2D eigenvalue weighted by Gasteiger charge is 2.71. The predicted molar refractivity (Wildman–Crippen MR) is 232 cm³/mol. The molecule has 10 atom stereocenters. The maximum Gasteiger partial charge on any atom is 0.407 e. The minimum absolute atomic E-state index is 0.00705. The van der Waals surface area contributed by atoms with Gasteiger partial charge in [-0.3, -0.25) is 0 Å². The third-order valence-corrected chi connectivity index (χ3v) is 18.4. The van der Waals surface area contributed by atoms with Crippen LogP contribution in [0.4, 0.5) is 4.79 Å². The van der Waals surface area contributed by atoms with Gasteiger partial charge in [0.25, 0.3) is 0 Å². The molecule has 0 bridgehead atoms. The van der Waals surface area contributed by atoms with Crippen LogP contribution in [0.5, 0.6) is 0 Å². The molecule has 3 N–H and O–H groups in total. The monoisotopic (exact) mass is 799 g/mol. The summed E-state index contributed by atoms with van der Waals surface area (Å²) in [6, 6.07) is 24.8. The quantitative estimate of drug-likeness (QED) is 0.206. The Balaban J connectivity index is 0.990. The minimum atomic E-state index is -1.25. The first kappa shape index (κ1) is 40.5. The highest BCUT2D eigenvalue weighted by atomic mass is 16.5. The Bertz CT molecular complexity index is 2130. The second-order valence-corrected chi connectivity index (χ2v) is 21.1. The highest BCUT2D eigenvalue weighted by Crippen LogP contribution is 2.77. The second kappa shape index (κ2) is 14.1. The van der Waals surface area contributed by atoms with Crippen LogP contribution in [0.3, 0.4) is 0 Å². The Morgan fingerprint density at radius 3 is 2.10 bits per heavy atom. The Morgan fingerprint density at radius 2 is 1.46 bits per heavy atom. The van der Waals surface area contributed by atoms with Crippen LogP contribution in [0.2, 0.25) is 0 Å². The van der Waals surface area contributed by atoms with Crippen LogP contribution in [0, 0.1) is 51.2 Å². The number of alkyl carbamates (subject to hydrolysis) is 1. The molecule has 59 heavy (non-hydrogen) atoms. The number of amides is 1. The Morgan fingerprint density at radius 1 is 0.797 bits per heavy atom. The largest absolute Gasteiger partial charge is 0.465 e. The molecule has 3 aromatic rings. The topological polar surface area (TPSA) is 105 Å². The molecule has 0 radical (unpaired) electrons. The summed E-state index contributed by atoms with van der Waals surface area (Å²) in [5, 5.41) is 26.1. The van der Waals surface area contributed by atoms with E-state index in [-0.39, 0.29) is 70.6 Å². The summed E-state index contributed by atoms with van der Waals surface area (Å²) in [5.74, 6) is 0.867. The summed E-state index contributed by atoms with van der Waals surface area (Å²) in [6.07, 6.45) is 11.0. The van der Waals surface area contributed by atoms with E-state index < -0.39 is 11.1 Å². The number of fused-ring (bicyclic) bond motifs is 10. The van der Waals surface area contributed by atoms with Gasteiger partial charge in [0.05, 0.1) is 24.9 Å². The lowest BCUT2D eigenvalue weighted by Gasteiger charge is -2.72. The number of ether oxygens (including phenoxy) is 2. The molecule has 9 rings (SSSR count). The average molecular weight is 800 g/mol. The molecule has 0 spiro atoms. The van der Waals surface area contributed by atoms with Gasteiger partial charge in [-0.15, -0.1) is 0 Å². The third-order valence-electron chi connectivity index (χ3n) is 18.4. The van der Waals surface area contributed by atoms with E-state index in [0.717, 1.165) is 57.8 Å². The highest BCUT2D eigenvalue weighted by molar-refractivity contribution is 5.90. The van der Waals surface area contributed by atoms with E-state index in [1.54, 1.807) is 0 Å². The normalized spacial score (nSPS) is 36.3. The van der Waals surface area contributed by atoms with Crippen LogP contribution in [0.15, 0.2) is 78.9 Å². The van der Waals surface area contributed by atoms with Crippen LogP contribution < -0.4 is 5.32 Å². The number of esters is 1. The van der Waals surface area contributed by atoms with Gasteiger partial charge in [-0.25, -0.2) is 9.59 Å². The molecular weight excluding hydrogens is 735 g/mol. The minimum Gasteiger partial charge on any atom is -0.465 e. The summed E-state index contributed by atoms with van der Waals surface area (Å²) in [5.41, 5.74) is 6.31. The van der Waals surface area contributed by atoms with Crippen LogP contribution in [0.1, 0.15) is 132 Å². The molecule has 7 nitrogen and oxygen atoms in total. The van der Waals surface area contributed by atoms with Gasteiger partial charge in [0.1, 0.15) is 6.61 Å². The molecule has 4 saturated carbocycles. The molecule has 6 aliphatic rings. The van der Waals surface area contributed by atoms with Gasteiger partial charge in [0.2, 0.25) is 0 Å². The number of allylic oxidation sites excluding steroid dienone is 2. The van der Waals surface area contributed by atoms with Crippen molar-refractivity contribution < 1.29 is 29.3 Å². The summed E-state index contributed by atoms with van der Waals surface area (Å²) in [7, 11) is 1.42. The first-order valence-electron chi connectivity index (χ1n) is 22.4. The van der Waals surface area contributed by atoms with Gasteiger partial charge in [-0.2, -0.15) is 0 Å². The van der Waals surface area contributed by atoms with Gasteiger partial charge < -0.3 is 25.0 Å². The molecule has 3 aromatic carbocycles. The number of methoxy groups -OCH3 is 1. The summed E-state index contributed by atoms with van der Waals surface area (Å²) < 4.78 is 11.2. The molecular formula is C52H65NO6. The van der Waals surface area contributed by atoms with E-state index in [0.29, 0.717) is 17.4 Å². The number of aliphatic hydroxyl groups is 2. The van der Waals surface area contributed by atoms with Gasteiger partial charge in [-0.1, -0.05) is 101 Å². The van der Waals surface area contributed by atoms with E-state index in [2.05, 4.69) is 107 Å².